The van der Waals surface area contributed by atoms with Gasteiger partial charge in [-0.15, -0.1) is 0 Å². The number of ether oxygens (including phenoxy) is 2. The Labute approximate surface area is 100 Å². The normalized spacial score (nSPS) is 9.94. The lowest BCUT2D eigenvalue weighted by molar-refractivity contribution is 0.111. The average Bonchev–Trinajstić information content (AvgIpc) is 2.30. The van der Waals surface area contributed by atoms with Gasteiger partial charge in [0.2, 0.25) is 0 Å². The number of aldehydes is 1. The first-order valence-electron chi connectivity index (χ1n) is 5.18. The second kappa shape index (κ2) is 6.38. The van der Waals surface area contributed by atoms with E-state index in [0.29, 0.717) is 28.7 Å². The van der Waals surface area contributed by atoms with Crippen molar-refractivity contribution in [3.05, 3.63) is 22.7 Å². The lowest BCUT2D eigenvalue weighted by Gasteiger charge is -2.12. The highest BCUT2D eigenvalue weighted by Crippen LogP contribution is 2.33. The zero-order valence-electron chi connectivity index (χ0n) is 9.46. The molecule has 0 amide bonds. The van der Waals surface area contributed by atoms with Gasteiger partial charge in [-0.05, 0) is 12.5 Å². The summed E-state index contributed by atoms with van der Waals surface area (Å²) in [6, 6.07) is 3.20. The monoisotopic (exact) mass is 242 g/mol. The van der Waals surface area contributed by atoms with Gasteiger partial charge in [-0.25, -0.2) is 0 Å². The van der Waals surface area contributed by atoms with Gasteiger partial charge in [0.15, 0.2) is 17.8 Å². The molecule has 0 aromatic heterocycles. The minimum absolute atomic E-state index is 0.417. The van der Waals surface area contributed by atoms with Gasteiger partial charge in [-0.3, -0.25) is 4.79 Å². The maximum absolute atomic E-state index is 10.9. The van der Waals surface area contributed by atoms with Gasteiger partial charge in [0.25, 0.3) is 0 Å². The largest absolute Gasteiger partial charge is 0.493 e. The van der Waals surface area contributed by atoms with E-state index in [1.807, 2.05) is 0 Å². The molecule has 0 radical (unpaired) electrons. The van der Waals surface area contributed by atoms with Gasteiger partial charge in [0.1, 0.15) is 0 Å². The maximum atomic E-state index is 10.9. The minimum atomic E-state index is 0.417. The fraction of sp³-hybridized carbons (Fsp3) is 0.417. The predicted octanol–water partition coefficient (Wildman–Crippen LogP) is 3.34. The van der Waals surface area contributed by atoms with E-state index < -0.39 is 0 Å². The number of methoxy groups -OCH3 is 1. The standard InChI is InChI=1S/C12H15ClO3/c1-3-4-5-16-12-9(8-14)6-10(13)7-11(12)15-2/h6-8H,3-5H2,1-2H3. The van der Waals surface area contributed by atoms with Crippen molar-refractivity contribution in [3.8, 4) is 11.5 Å². The number of benzene rings is 1. The van der Waals surface area contributed by atoms with E-state index in [0.717, 1.165) is 19.1 Å². The van der Waals surface area contributed by atoms with E-state index in [4.69, 9.17) is 21.1 Å². The van der Waals surface area contributed by atoms with Crippen molar-refractivity contribution in [1.29, 1.82) is 0 Å². The van der Waals surface area contributed by atoms with Gasteiger partial charge in [0, 0.05) is 11.1 Å². The molecule has 0 bridgehead atoms. The number of carbonyl (C=O) groups is 1. The topological polar surface area (TPSA) is 35.5 Å². The van der Waals surface area contributed by atoms with Gasteiger partial charge in [-0.1, -0.05) is 24.9 Å². The molecule has 1 aromatic carbocycles. The first-order valence-corrected chi connectivity index (χ1v) is 5.56. The molecular formula is C12H15ClO3. The van der Waals surface area contributed by atoms with E-state index in [-0.39, 0.29) is 0 Å². The van der Waals surface area contributed by atoms with Crippen LogP contribution in [0.1, 0.15) is 30.1 Å². The summed E-state index contributed by atoms with van der Waals surface area (Å²) in [5, 5.41) is 0.460. The Bertz CT molecular complexity index is 364. The van der Waals surface area contributed by atoms with E-state index in [1.165, 1.54) is 7.11 Å². The predicted molar refractivity (Wildman–Crippen MR) is 63.8 cm³/mol. The maximum Gasteiger partial charge on any atom is 0.171 e. The van der Waals surface area contributed by atoms with Crippen LogP contribution in [0.5, 0.6) is 11.5 Å². The van der Waals surface area contributed by atoms with Crippen molar-refractivity contribution in [1.82, 2.24) is 0 Å². The molecule has 0 aliphatic heterocycles. The summed E-state index contributed by atoms with van der Waals surface area (Å²) in [5.41, 5.74) is 0.417. The number of hydrogen-bond donors (Lipinski definition) is 0. The van der Waals surface area contributed by atoms with Gasteiger partial charge in [-0.2, -0.15) is 0 Å². The smallest absolute Gasteiger partial charge is 0.171 e. The SMILES string of the molecule is CCCCOc1c(C=O)cc(Cl)cc1OC. The van der Waals surface area contributed by atoms with Crippen LogP contribution < -0.4 is 9.47 Å². The summed E-state index contributed by atoms with van der Waals surface area (Å²) < 4.78 is 10.7. The van der Waals surface area contributed by atoms with Crippen molar-refractivity contribution in [2.75, 3.05) is 13.7 Å². The van der Waals surface area contributed by atoms with Crippen LogP contribution in [-0.4, -0.2) is 20.0 Å². The fourth-order valence-electron chi connectivity index (χ4n) is 1.30. The minimum Gasteiger partial charge on any atom is -0.493 e. The van der Waals surface area contributed by atoms with E-state index >= 15 is 0 Å². The highest BCUT2D eigenvalue weighted by Gasteiger charge is 2.12. The lowest BCUT2D eigenvalue weighted by Crippen LogP contribution is -2.02. The van der Waals surface area contributed by atoms with E-state index in [9.17, 15) is 4.79 Å². The molecule has 1 aromatic rings. The Hall–Kier alpha value is -1.22. The van der Waals surface area contributed by atoms with Gasteiger partial charge in [0.05, 0.1) is 19.3 Å². The van der Waals surface area contributed by atoms with Crippen LogP contribution in [0.15, 0.2) is 12.1 Å². The van der Waals surface area contributed by atoms with Crippen molar-refractivity contribution in [2.45, 2.75) is 19.8 Å². The Morgan fingerprint density at radius 1 is 1.44 bits per heavy atom. The van der Waals surface area contributed by atoms with Crippen molar-refractivity contribution in [3.63, 3.8) is 0 Å². The molecule has 0 spiro atoms. The van der Waals surface area contributed by atoms with Crippen LogP contribution in [0.3, 0.4) is 0 Å². The average molecular weight is 243 g/mol. The molecule has 0 N–H and O–H groups in total. The second-order valence-electron chi connectivity index (χ2n) is 3.35. The molecule has 3 nitrogen and oxygen atoms in total. The number of rotatable bonds is 6. The molecule has 0 saturated heterocycles. The first-order chi connectivity index (χ1) is 7.72. The molecule has 0 aliphatic carbocycles. The Morgan fingerprint density at radius 2 is 2.19 bits per heavy atom. The van der Waals surface area contributed by atoms with Crippen LogP contribution in [0.4, 0.5) is 0 Å². The molecule has 88 valence electrons. The Kier molecular flexibility index (Phi) is 5.12. The van der Waals surface area contributed by atoms with Gasteiger partial charge < -0.3 is 9.47 Å². The summed E-state index contributed by atoms with van der Waals surface area (Å²) in [4.78, 5) is 10.9. The summed E-state index contributed by atoms with van der Waals surface area (Å²) >= 11 is 5.85. The van der Waals surface area contributed by atoms with Crippen LogP contribution in [0, 0.1) is 0 Å². The summed E-state index contributed by atoms with van der Waals surface area (Å²) in [5.74, 6) is 0.959. The van der Waals surface area contributed by atoms with Crippen molar-refractivity contribution >= 4 is 17.9 Å². The van der Waals surface area contributed by atoms with Crippen molar-refractivity contribution < 1.29 is 14.3 Å². The summed E-state index contributed by atoms with van der Waals surface area (Å²) in [6.45, 7) is 2.64. The lowest BCUT2D eigenvalue weighted by atomic mass is 10.2. The summed E-state index contributed by atoms with van der Waals surface area (Å²) in [7, 11) is 1.52. The Balaban J connectivity index is 2.97. The highest BCUT2D eigenvalue weighted by molar-refractivity contribution is 6.31. The molecule has 4 heteroatoms. The number of unbranched alkanes of at least 4 members (excludes halogenated alkanes) is 1. The molecule has 0 unspecified atom stereocenters. The third-order valence-electron chi connectivity index (χ3n) is 2.14. The molecule has 0 fully saturated rings. The second-order valence-corrected chi connectivity index (χ2v) is 3.78. The van der Waals surface area contributed by atoms with Crippen LogP contribution >= 0.6 is 11.6 Å². The summed E-state index contributed by atoms with van der Waals surface area (Å²) in [6.07, 6.45) is 2.69. The molecule has 16 heavy (non-hydrogen) atoms. The zero-order valence-corrected chi connectivity index (χ0v) is 10.2. The quantitative estimate of drug-likeness (QED) is 0.567. The molecule has 0 atom stereocenters. The van der Waals surface area contributed by atoms with Crippen LogP contribution in [0.25, 0.3) is 0 Å². The Morgan fingerprint density at radius 3 is 2.75 bits per heavy atom. The first kappa shape index (κ1) is 12.8. The van der Waals surface area contributed by atoms with Crippen LogP contribution in [-0.2, 0) is 0 Å². The van der Waals surface area contributed by atoms with E-state index in [2.05, 4.69) is 6.92 Å². The number of hydrogen-bond acceptors (Lipinski definition) is 3. The van der Waals surface area contributed by atoms with Gasteiger partial charge >= 0.3 is 0 Å². The molecule has 0 aliphatic rings. The molecule has 0 saturated carbocycles. The van der Waals surface area contributed by atoms with E-state index in [1.54, 1.807) is 12.1 Å². The number of halogens is 1. The third kappa shape index (κ3) is 3.14. The fourth-order valence-corrected chi connectivity index (χ4v) is 1.52. The molecule has 0 heterocycles. The zero-order chi connectivity index (χ0) is 12.0. The van der Waals surface area contributed by atoms with Crippen molar-refractivity contribution in [2.24, 2.45) is 0 Å². The third-order valence-corrected chi connectivity index (χ3v) is 2.36. The highest BCUT2D eigenvalue weighted by atomic mass is 35.5. The molecule has 1 rings (SSSR count). The van der Waals surface area contributed by atoms with Crippen LogP contribution in [0.2, 0.25) is 5.02 Å². The number of carbonyl (C=O) groups excluding carboxylic acids is 1. The molecular weight excluding hydrogens is 228 g/mol.